The summed E-state index contributed by atoms with van der Waals surface area (Å²) in [4.78, 5) is 6.47. The Morgan fingerprint density at radius 3 is 2.79 bits per heavy atom. The Hall–Kier alpha value is -1.52. The molecule has 0 spiro atoms. The van der Waals surface area contributed by atoms with Crippen molar-refractivity contribution in [2.45, 2.75) is 13.1 Å². The largest absolute Gasteiger partial charge is 0.367 e. The summed E-state index contributed by atoms with van der Waals surface area (Å²) in [6, 6.07) is 6.14. The van der Waals surface area contributed by atoms with Crippen molar-refractivity contribution in [2.75, 3.05) is 19.0 Å². The van der Waals surface area contributed by atoms with Gasteiger partial charge in [0.2, 0.25) is 0 Å². The Bertz CT molecular complexity index is 550. The minimum Gasteiger partial charge on any atom is -0.367 e. The summed E-state index contributed by atoms with van der Waals surface area (Å²) in [6.07, 6.45) is 3.76. The van der Waals surface area contributed by atoms with Crippen LogP contribution < -0.4 is 10.2 Å². The van der Waals surface area contributed by atoms with E-state index in [4.69, 9.17) is 11.6 Å². The molecule has 0 atom stereocenters. The predicted molar refractivity (Wildman–Crippen MR) is 79.5 cm³/mol. The summed E-state index contributed by atoms with van der Waals surface area (Å²) >= 11 is 6.28. The maximum absolute atomic E-state index is 6.28. The van der Waals surface area contributed by atoms with Crippen LogP contribution in [0.15, 0.2) is 30.6 Å². The standard InChI is InChI=1S/C14H19ClN4/c1-16-9-11-4-5-12(8-13(11)15)19(3)10-14-17-6-7-18(14)2/h4-8,16H,9-10H2,1-3H3. The van der Waals surface area contributed by atoms with Gasteiger partial charge in [0, 0.05) is 43.7 Å². The number of rotatable bonds is 5. The van der Waals surface area contributed by atoms with E-state index in [0.29, 0.717) is 0 Å². The first-order valence-corrected chi connectivity index (χ1v) is 6.60. The first-order chi connectivity index (χ1) is 9.11. The van der Waals surface area contributed by atoms with E-state index in [-0.39, 0.29) is 0 Å². The van der Waals surface area contributed by atoms with Gasteiger partial charge in [-0.1, -0.05) is 17.7 Å². The molecule has 102 valence electrons. The van der Waals surface area contributed by atoms with Gasteiger partial charge in [-0.3, -0.25) is 0 Å². The van der Waals surface area contributed by atoms with Crippen LogP contribution in [0.2, 0.25) is 5.02 Å². The van der Waals surface area contributed by atoms with E-state index < -0.39 is 0 Å². The van der Waals surface area contributed by atoms with Gasteiger partial charge in [-0.2, -0.15) is 0 Å². The Morgan fingerprint density at radius 1 is 1.42 bits per heavy atom. The molecule has 19 heavy (non-hydrogen) atoms. The van der Waals surface area contributed by atoms with Crippen LogP contribution in [0.1, 0.15) is 11.4 Å². The van der Waals surface area contributed by atoms with Crippen LogP contribution in [0, 0.1) is 0 Å². The van der Waals surface area contributed by atoms with E-state index >= 15 is 0 Å². The maximum atomic E-state index is 6.28. The third-order valence-corrected chi connectivity index (χ3v) is 3.50. The number of aromatic nitrogens is 2. The van der Waals surface area contributed by atoms with Crippen LogP contribution in [0.4, 0.5) is 5.69 Å². The second-order valence-corrected chi connectivity index (χ2v) is 5.02. The third kappa shape index (κ3) is 3.28. The quantitative estimate of drug-likeness (QED) is 0.912. The van der Waals surface area contributed by atoms with Gasteiger partial charge in [-0.15, -0.1) is 0 Å². The van der Waals surface area contributed by atoms with Gasteiger partial charge in [-0.25, -0.2) is 4.98 Å². The van der Waals surface area contributed by atoms with Crippen molar-refractivity contribution in [2.24, 2.45) is 7.05 Å². The highest BCUT2D eigenvalue weighted by Crippen LogP contribution is 2.23. The van der Waals surface area contributed by atoms with Crippen molar-refractivity contribution in [1.82, 2.24) is 14.9 Å². The molecule has 2 rings (SSSR count). The highest BCUT2D eigenvalue weighted by atomic mass is 35.5. The molecule has 0 aliphatic heterocycles. The molecular formula is C14H19ClN4. The average Bonchev–Trinajstić information content (AvgIpc) is 2.78. The van der Waals surface area contributed by atoms with E-state index in [1.807, 2.05) is 44.2 Å². The molecule has 0 bridgehead atoms. The van der Waals surface area contributed by atoms with Crippen LogP contribution in [-0.4, -0.2) is 23.6 Å². The summed E-state index contributed by atoms with van der Waals surface area (Å²) in [7, 11) is 5.95. The maximum Gasteiger partial charge on any atom is 0.127 e. The molecule has 0 fully saturated rings. The number of nitrogens with one attached hydrogen (secondary N) is 1. The molecule has 0 unspecified atom stereocenters. The molecule has 1 heterocycles. The van der Waals surface area contributed by atoms with Crippen LogP contribution in [0.3, 0.4) is 0 Å². The first-order valence-electron chi connectivity index (χ1n) is 6.22. The minimum absolute atomic E-state index is 0.755. The van der Waals surface area contributed by atoms with Gasteiger partial charge in [0.25, 0.3) is 0 Å². The molecule has 1 aromatic carbocycles. The van der Waals surface area contributed by atoms with Crippen molar-refractivity contribution >= 4 is 17.3 Å². The van der Waals surface area contributed by atoms with Crippen LogP contribution >= 0.6 is 11.6 Å². The summed E-state index contributed by atoms with van der Waals surface area (Å²) in [5.74, 6) is 1.03. The molecule has 0 saturated carbocycles. The van der Waals surface area contributed by atoms with Gasteiger partial charge in [0.05, 0.1) is 6.54 Å². The predicted octanol–water partition coefficient (Wildman–Crippen LogP) is 2.43. The van der Waals surface area contributed by atoms with Crippen molar-refractivity contribution < 1.29 is 0 Å². The summed E-state index contributed by atoms with van der Waals surface area (Å²) in [5.41, 5.74) is 2.20. The number of benzene rings is 1. The fourth-order valence-corrected chi connectivity index (χ4v) is 2.20. The molecule has 0 aliphatic rings. The summed E-state index contributed by atoms with van der Waals surface area (Å²) in [6.45, 7) is 1.54. The van der Waals surface area contributed by atoms with Crippen LogP contribution in [0.25, 0.3) is 0 Å². The van der Waals surface area contributed by atoms with E-state index in [1.54, 1.807) is 0 Å². The third-order valence-electron chi connectivity index (χ3n) is 3.14. The molecule has 4 nitrogen and oxygen atoms in total. The smallest absolute Gasteiger partial charge is 0.127 e. The Kier molecular flexibility index (Phi) is 4.45. The zero-order valence-electron chi connectivity index (χ0n) is 11.5. The van der Waals surface area contributed by atoms with Gasteiger partial charge in [-0.05, 0) is 24.7 Å². The second kappa shape index (κ2) is 6.08. The normalized spacial score (nSPS) is 10.7. The first kappa shape index (κ1) is 13.9. The zero-order chi connectivity index (χ0) is 13.8. The Morgan fingerprint density at radius 2 is 2.21 bits per heavy atom. The van der Waals surface area contributed by atoms with E-state index in [0.717, 1.165) is 35.2 Å². The van der Waals surface area contributed by atoms with Gasteiger partial charge in [0.1, 0.15) is 5.82 Å². The molecule has 0 saturated heterocycles. The number of anilines is 1. The molecule has 0 amide bonds. The van der Waals surface area contributed by atoms with Crippen molar-refractivity contribution in [3.63, 3.8) is 0 Å². The number of halogens is 1. The monoisotopic (exact) mass is 278 g/mol. The Labute approximate surface area is 119 Å². The second-order valence-electron chi connectivity index (χ2n) is 4.62. The van der Waals surface area contributed by atoms with E-state index in [1.165, 1.54) is 0 Å². The summed E-state index contributed by atoms with van der Waals surface area (Å²) < 4.78 is 2.02. The summed E-state index contributed by atoms with van der Waals surface area (Å²) in [5, 5.41) is 3.90. The number of hydrogen-bond donors (Lipinski definition) is 1. The molecule has 2 aromatic rings. The molecular weight excluding hydrogens is 260 g/mol. The fourth-order valence-electron chi connectivity index (χ4n) is 1.96. The van der Waals surface area contributed by atoms with Gasteiger partial charge < -0.3 is 14.8 Å². The molecule has 5 heteroatoms. The average molecular weight is 279 g/mol. The zero-order valence-corrected chi connectivity index (χ0v) is 12.3. The number of hydrogen-bond acceptors (Lipinski definition) is 3. The van der Waals surface area contributed by atoms with Gasteiger partial charge in [0.15, 0.2) is 0 Å². The van der Waals surface area contributed by atoms with Crippen molar-refractivity contribution in [3.05, 3.63) is 47.0 Å². The van der Waals surface area contributed by atoms with E-state index in [9.17, 15) is 0 Å². The topological polar surface area (TPSA) is 33.1 Å². The number of imidazole rings is 1. The number of aryl methyl sites for hydroxylation is 1. The lowest BCUT2D eigenvalue weighted by Crippen LogP contribution is -2.19. The van der Waals surface area contributed by atoms with E-state index in [2.05, 4.69) is 27.3 Å². The lowest BCUT2D eigenvalue weighted by molar-refractivity contribution is 0.761. The van der Waals surface area contributed by atoms with Gasteiger partial charge >= 0.3 is 0 Å². The molecule has 1 N–H and O–H groups in total. The SMILES string of the molecule is CNCc1ccc(N(C)Cc2nccn2C)cc1Cl. The molecule has 0 radical (unpaired) electrons. The fraction of sp³-hybridized carbons (Fsp3) is 0.357. The highest BCUT2D eigenvalue weighted by Gasteiger charge is 2.08. The van der Waals surface area contributed by atoms with Crippen LogP contribution in [0.5, 0.6) is 0 Å². The van der Waals surface area contributed by atoms with Crippen molar-refractivity contribution in [3.8, 4) is 0 Å². The minimum atomic E-state index is 0.755. The number of nitrogens with zero attached hydrogens (tertiary/aromatic N) is 3. The lowest BCUT2D eigenvalue weighted by atomic mass is 10.2. The molecule has 1 aromatic heterocycles. The Balaban J connectivity index is 2.13. The molecule has 0 aliphatic carbocycles. The highest BCUT2D eigenvalue weighted by molar-refractivity contribution is 6.31. The lowest BCUT2D eigenvalue weighted by Gasteiger charge is -2.20. The van der Waals surface area contributed by atoms with Crippen molar-refractivity contribution in [1.29, 1.82) is 0 Å². The van der Waals surface area contributed by atoms with Crippen LogP contribution in [-0.2, 0) is 20.1 Å².